The van der Waals surface area contributed by atoms with Gasteiger partial charge in [0.1, 0.15) is 0 Å². The summed E-state index contributed by atoms with van der Waals surface area (Å²) in [4.78, 5) is 0. The van der Waals surface area contributed by atoms with Crippen LogP contribution in [0.3, 0.4) is 0 Å². The smallest absolute Gasteiger partial charge is 0.0359 e. The summed E-state index contributed by atoms with van der Waals surface area (Å²) >= 11 is 0. The molecule has 0 spiro atoms. The quantitative estimate of drug-likeness (QED) is 0.782. The molecule has 17 heavy (non-hydrogen) atoms. The fourth-order valence-corrected chi connectivity index (χ4v) is 2.79. The molecule has 3 N–H and O–H groups in total. The molecule has 0 aliphatic heterocycles. The van der Waals surface area contributed by atoms with Crippen LogP contribution in [0.25, 0.3) is 0 Å². The Labute approximate surface area is 105 Å². The Morgan fingerprint density at radius 1 is 1.29 bits per heavy atom. The Hall–Kier alpha value is -1.02. The van der Waals surface area contributed by atoms with Gasteiger partial charge in [-0.15, -0.1) is 0 Å². The lowest BCUT2D eigenvalue weighted by Gasteiger charge is -2.24. The first-order chi connectivity index (χ1) is 8.09. The summed E-state index contributed by atoms with van der Waals surface area (Å²) < 4.78 is 0. The standard InChI is InChI=1S/C15H24N2/c1-12-5-6-14(16)13(9-12)10-17-11-15(2)7-3-4-8-15/h5-6,9,17H,3-4,7-8,10-11,16H2,1-2H3. The molecular weight excluding hydrogens is 208 g/mol. The van der Waals surface area contributed by atoms with Crippen molar-refractivity contribution in [3.05, 3.63) is 29.3 Å². The van der Waals surface area contributed by atoms with E-state index in [1.165, 1.54) is 36.8 Å². The molecule has 0 aromatic heterocycles. The van der Waals surface area contributed by atoms with Crippen LogP contribution >= 0.6 is 0 Å². The van der Waals surface area contributed by atoms with Gasteiger partial charge in [0.2, 0.25) is 0 Å². The van der Waals surface area contributed by atoms with Crippen molar-refractivity contribution in [2.75, 3.05) is 12.3 Å². The monoisotopic (exact) mass is 232 g/mol. The third-order valence-corrected chi connectivity index (χ3v) is 3.98. The molecule has 1 fully saturated rings. The van der Waals surface area contributed by atoms with Crippen molar-refractivity contribution >= 4 is 5.69 Å². The fourth-order valence-electron chi connectivity index (χ4n) is 2.79. The van der Waals surface area contributed by atoms with E-state index in [9.17, 15) is 0 Å². The maximum Gasteiger partial charge on any atom is 0.0359 e. The Morgan fingerprint density at radius 3 is 2.71 bits per heavy atom. The first-order valence-electron chi connectivity index (χ1n) is 6.65. The molecule has 1 aliphatic carbocycles. The Balaban J connectivity index is 1.87. The van der Waals surface area contributed by atoms with Crippen molar-refractivity contribution < 1.29 is 0 Å². The van der Waals surface area contributed by atoms with Gasteiger partial charge in [0.05, 0.1) is 0 Å². The number of hydrogen-bond donors (Lipinski definition) is 2. The van der Waals surface area contributed by atoms with Gasteiger partial charge in [-0.05, 0) is 36.8 Å². The molecule has 94 valence electrons. The summed E-state index contributed by atoms with van der Waals surface area (Å²) in [5.74, 6) is 0. The second kappa shape index (κ2) is 5.09. The molecule has 0 atom stereocenters. The second-order valence-corrected chi connectivity index (χ2v) is 5.82. The highest BCUT2D eigenvalue weighted by molar-refractivity contribution is 5.48. The van der Waals surface area contributed by atoms with Crippen molar-refractivity contribution in [1.29, 1.82) is 0 Å². The number of benzene rings is 1. The van der Waals surface area contributed by atoms with Crippen LogP contribution in [0.4, 0.5) is 5.69 Å². The van der Waals surface area contributed by atoms with E-state index in [2.05, 4.69) is 31.3 Å². The molecule has 0 amide bonds. The van der Waals surface area contributed by atoms with Gasteiger partial charge >= 0.3 is 0 Å². The maximum absolute atomic E-state index is 5.98. The summed E-state index contributed by atoms with van der Waals surface area (Å²) in [5.41, 5.74) is 9.90. The normalized spacial score (nSPS) is 18.5. The van der Waals surface area contributed by atoms with Crippen molar-refractivity contribution in [3.8, 4) is 0 Å². The molecule has 2 nitrogen and oxygen atoms in total. The van der Waals surface area contributed by atoms with Crippen molar-refractivity contribution in [2.45, 2.75) is 46.1 Å². The molecule has 0 bridgehead atoms. The Kier molecular flexibility index (Phi) is 3.72. The van der Waals surface area contributed by atoms with Crippen LogP contribution in [0.5, 0.6) is 0 Å². The molecule has 2 heteroatoms. The van der Waals surface area contributed by atoms with Crippen LogP contribution in [0.15, 0.2) is 18.2 Å². The molecule has 0 unspecified atom stereocenters. The second-order valence-electron chi connectivity index (χ2n) is 5.82. The number of nitrogen functional groups attached to an aromatic ring is 1. The van der Waals surface area contributed by atoms with Crippen molar-refractivity contribution in [1.82, 2.24) is 5.32 Å². The van der Waals surface area contributed by atoms with E-state index in [-0.39, 0.29) is 0 Å². The molecule has 0 radical (unpaired) electrons. The average Bonchev–Trinajstić information content (AvgIpc) is 2.71. The predicted molar refractivity (Wildman–Crippen MR) is 73.9 cm³/mol. The van der Waals surface area contributed by atoms with E-state index in [0.717, 1.165) is 18.8 Å². The van der Waals surface area contributed by atoms with Gasteiger partial charge in [-0.2, -0.15) is 0 Å². The summed E-state index contributed by atoms with van der Waals surface area (Å²) in [7, 11) is 0. The van der Waals surface area contributed by atoms with Gasteiger partial charge in [0.15, 0.2) is 0 Å². The molecule has 1 aliphatic rings. The summed E-state index contributed by atoms with van der Waals surface area (Å²) in [6.45, 7) is 6.51. The minimum absolute atomic E-state index is 0.512. The van der Waals surface area contributed by atoms with Crippen LogP contribution < -0.4 is 11.1 Å². The lowest BCUT2D eigenvalue weighted by molar-refractivity contribution is 0.315. The molecule has 1 aromatic rings. The minimum atomic E-state index is 0.512. The highest BCUT2D eigenvalue weighted by Crippen LogP contribution is 2.36. The Bertz CT molecular complexity index is 379. The van der Waals surface area contributed by atoms with Crippen LogP contribution in [0.1, 0.15) is 43.7 Å². The minimum Gasteiger partial charge on any atom is -0.398 e. The van der Waals surface area contributed by atoms with Gasteiger partial charge < -0.3 is 11.1 Å². The topological polar surface area (TPSA) is 38.0 Å². The molecular formula is C15H24N2. The average molecular weight is 232 g/mol. The fraction of sp³-hybridized carbons (Fsp3) is 0.600. The highest BCUT2D eigenvalue weighted by atomic mass is 14.9. The lowest BCUT2D eigenvalue weighted by atomic mass is 9.89. The van der Waals surface area contributed by atoms with Gasteiger partial charge in [-0.25, -0.2) is 0 Å². The summed E-state index contributed by atoms with van der Waals surface area (Å²) in [6, 6.07) is 6.25. The molecule has 2 rings (SSSR count). The number of rotatable bonds is 4. The van der Waals surface area contributed by atoms with E-state index < -0.39 is 0 Å². The number of anilines is 1. The van der Waals surface area contributed by atoms with Gasteiger partial charge in [0, 0.05) is 18.8 Å². The van der Waals surface area contributed by atoms with E-state index >= 15 is 0 Å². The zero-order valence-corrected chi connectivity index (χ0v) is 11.1. The van der Waals surface area contributed by atoms with Crippen LogP contribution in [0, 0.1) is 12.3 Å². The van der Waals surface area contributed by atoms with E-state index in [4.69, 9.17) is 5.73 Å². The van der Waals surface area contributed by atoms with Crippen LogP contribution in [-0.4, -0.2) is 6.54 Å². The Morgan fingerprint density at radius 2 is 2.00 bits per heavy atom. The maximum atomic E-state index is 5.98. The van der Waals surface area contributed by atoms with E-state index in [1.807, 2.05) is 6.07 Å². The lowest BCUT2D eigenvalue weighted by Crippen LogP contribution is -2.29. The van der Waals surface area contributed by atoms with Crippen molar-refractivity contribution in [3.63, 3.8) is 0 Å². The van der Waals surface area contributed by atoms with Gasteiger partial charge in [0.25, 0.3) is 0 Å². The summed E-state index contributed by atoms with van der Waals surface area (Å²) in [5, 5.41) is 3.57. The largest absolute Gasteiger partial charge is 0.398 e. The predicted octanol–water partition coefficient (Wildman–Crippen LogP) is 3.25. The zero-order chi connectivity index (χ0) is 12.3. The molecule has 1 aromatic carbocycles. The third kappa shape index (κ3) is 3.22. The first kappa shape index (κ1) is 12.4. The zero-order valence-electron chi connectivity index (χ0n) is 11.1. The SMILES string of the molecule is Cc1ccc(N)c(CNCC2(C)CCCC2)c1. The highest BCUT2D eigenvalue weighted by Gasteiger charge is 2.27. The molecule has 0 saturated heterocycles. The number of aryl methyl sites for hydroxylation is 1. The van der Waals surface area contributed by atoms with Gasteiger partial charge in [-0.3, -0.25) is 0 Å². The molecule has 1 saturated carbocycles. The van der Waals surface area contributed by atoms with Crippen LogP contribution in [0.2, 0.25) is 0 Å². The summed E-state index contributed by atoms with van der Waals surface area (Å²) in [6.07, 6.45) is 5.52. The number of nitrogens with two attached hydrogens (primary N) is 1. The third-order valence-electron chi connectivity index (χ3n) is 3.98. The van der Waals surface area contributed by atoms with Crippen molar-refractivity contribution in [2.24, 2.45) is 5.41 Å². The number of nitrogens with one attached hydrogen (secondary N) is 1. The first-order valence-corrected chi connectivity index (χ1v) is 6.65. The van der Waals surface area contributed by atoms with E-state index in [1.54, 1.807) is 0 Å². The van der Waals surface area contributed by atoms with E-state index in [0.29, 0.717) is 5.41 Å². The molecule has 0 heterocycles. The number of hydrogen-bond acceptors (Lipinski definition) is 2. The van der Waals surface area contributed by atoms with Gasteiger partial charge in [-0.1, -0.05) is 37.5 Å². The van der Waals surface area contributed by atoms with Crippen LogP contribution in [-0.2, 0) is 6.54 Å².